The van der Waals surface area contributed by atoms with E-state index in [1.807, 2.05) is 0 Å². The van der Waals surface area contributed by atoms with Crippen molar-refractivity contribution in [3.63, 3.8) is 0 Å². The van der Waals surface area contributed by atoms with Crippen LogP contribution in [0.4, 0.5) is 5.69 Å². The molecule has 2 aliphatic carbocycles. The van der Waals surface area contributed by atoms with Crippen molar-refractivity contribution in [1.29, 1.82) is 0 Å². The minimum atomic E-state index is -0.632. The van der Waals surface area contributed by atoms with Gasteiger partial charge in [-0.2, -0.15) is 0 Å². The molecule has 2 saturated carbocycles. The fourth-order valence-electron chi connectivity index (χ4n) is 4.26. The molecule has 0 radical (unpaired) electrons. The van der Waals surface area contributed by atoms with Crippen molar-refractivity contribution in [3.05, 3.63) is 34.4 Å². The minimum absolute atomic E-state index is 0.00404. The zero-order chi connectivity index (χ0) is 17.3. The number of nitrogens with zero attached hydrogens (tertiary/aromatic N) is 1. The Hall–Kier alpha value is -2.11. The Labute approximate surface area is 141 Å². The van der Waals surface area contributed by atoms with Gasteiger partial charge in [-0.3, -0.25) is 14.9 Å². The number of hydrogen-bond acceptors (Lipinski definition) is 4. The van der Waals surface area contributed by atoms with Gasteiger partial charge in [-0.05, 0) is 63.0 Å². The van der Waals surface area contributed by atoms with E-state index in [0.29, 0.717) is 11.7 Å². The molecular weight excluding hydrogens is 308 g/mol. The summed E-state index contributed by atoms with van der Waals surface area (Å²) in [6, 6.07) is 5.94. The summed E-state index contributed by atoms with van der Waals surface area (Å²) in [5.41, 5.74) is 0.00404. The second-order valence-corrected chi connectivity index (χ2v) is 7.15. The predicted molar refractivity (Wildman–Crippen MR) is 89.7 cm³/mol. The van der Waals surface area contributed by atoms with Gasteiger partial charge in [0.15, 0.2) is 6.10 Å². The van der Waals surface area contributed by atoms with E-state index in [9.17, 15) is 14.9 Å². The Kier molecular flexibility index (Phi) is 4.73. The zero-order valence-electron chi connectivity index (χ0n) is 14.1. The Bertz CT molecular complexity index is 616. The van der Waals surface area contributed by atoms with E-state index in [1.54, 1.807) is 6.92 Å². The second kappa shape index (κ2) is 6.79. The maximum atomic E-state index is 12.4. The van der Waals surface area contributed by atoms with Crippen LogP contribution in [0.1, 0.15) is 39.5 Å². The van der Waals surface area contributed by atoms with E-state index < -0.39 is 11.0 Å². The number of carbonyl (C=O) groups is 1. The fourth-order valence-corrected chi connectivity index (χ4v) is 4.26. The maximum Gasteiger partial charge on any atom is 0.269 e. The van der Waals surface area contributed by atoms with E-state index in [1.165, 1.54) is 49.9 Å². The molecule has 1 N–H and O–H groups in total. The molecule has 130 valence electrons. The van der Waals surface area contributed by atoms with Gasteiger partial charge in [-0.25, -0.2) is 0 Å². The van der Waals surface area contributed by atoms with Crippen molar-refractivity contribution >= 4 is 11.6 Å². The summed E-state index contributed by atoms with van der Waals surface area (Å²) in [6.45, 7) is 3.78. The maximum absolute atomic E-state index is 12.4. The van der Waals surface area contributed by atoms with Gasteiger partial charge in [0.05, 0.1) is 4.92 Å². The highest BCUT2D eigenvalue weighted by Gasteiger charge is 2.42. The summed E-state index contributed by atoms with van der Waals surface area (Å²) < 4.78 is 5.60. The first-order valence-electron chi connectivity index (χ1n) is 8.65. The van der Waals surface area contributed by atoms with Crippen molar-refractivity contribution < 1.29 is 14.5 Å². The summed E-state index contributed by atoms with van der Waals surface area (Å²) in [4.78, 5) is 22.5. The van der Waals surface area contributed by atoms with Crippen LogP contribution in [0.5, 0.6) is 5.75 Å². The lowest BCUT2D eigenvalue weighted by atomic mass is 9.84. The molecule has 6 nitrogen and oxygen atoms in total. The number of ether oxygens (including phenoxy) is 1. The van der Waals surface area contributed by atoms with E-state index in [4.69, 9.17) is 4.74 Å². The molecule has 0 saturated heterocycles. The zero-order valence-corrected chi connectivity index (χ0v) is 14.1. The van der Waals surface area contributed by atoms with Crippen molar-refractivity contribution in [1.82, 2.24) is 5.32 Å². The predicted octanol–water partition coefficient (Wildman–Crippen LogP) is 3.30. The SMILES string of the molecule is CC(Oc1ccc([N+](=O)[O-])cc1)C(=O)NC(C)C1CC2CCC1C2. The van der Waals surface area contributed by atoms with Crippen molar-refractivity contribution in [3.8, 4) is 5.75 Å². The van der Waals surface area contributed by atoms with Crippen LogP contribution in [0.15, 0.2) is 24.3 Å². The molecule has 0 spiro atoms. The lowest BCUT2D eigenvalue weighted by Crippen LogP contribution is -2.45. The van der Waals surface area contributed by atoms with Gasteiger partial charge in [0.1, 0.15) is 5.75 Å². The summed E-state index contributed by atoms with van der Waals surface area (Å²) >= 11 is 0. The number of carbonyl (C=O) groups excluding carboxylic acids is 1. The quantitative estimate of drug-likeness (QED) is 0.640. The van der Waals surface area contributed by atoms with Crippen LogP contribution in [0.3, 0.4) is 0 Å². The molecule has 0 heterocycles. The summed E-state index contributed by atoms with van der Waals surface area (Å²) in [5, 5.41) is 13.7. The largest absolute Gasteiger partial charge is 0.481 e. The van der Waals surface area contributed by atoms with Gasteiger partial charge < -0.3 is 10.1 Å². The summed E-state index contributed by atoms with van der Waals surface area (Å²) in [7, 11) is 0. The molecule has 1 amide bonds. The van der Waals surface area contributed by atoms with Crippen LogP contribution < -0.4 is 10.1 Å². The van der Waals surface area contributed by atoms with E-state index in [0.717, 1.165) is 11.8 Å². The Morgan fingerprint density at radius 1 is 1.25 bits per heavy atom. The fraction of sp³-hybridized carbons (Fsp3) is 0.611. The number of nitrogens with one attached hydrogen (secondary N) is 1. The van der Waals surface area contributed by atoms with Crippen LogP contribution in [-0.4, -0.2) is 23.0 Å². The number of rotatable bonds is 6. The number of hydrogen-bond donors (Lipinski definition) is 1. The molecule has 2 aliphatic rings. The summed E-state index contributed by atoms with van der Waals surface area (Å²) in [6.07, 6.45) is 4.56. The molecule has 6 heteroatoms. The highest BCUT2D eigenvalue weighted by Crippen LogP contribution is 2.49. The third-order valence-electron chi connectivity index (χ3n) is 5.53. The monoisotopic (exact) mass is 332 g/mol. The Balaban J connectivity index is 1.51. The minimum Gasteiger partial charge on any atom is -0.481 e. The van der Waals surface area contributed by atoms with Crippen LogP contribution in [-0.2, 0) is 4.79 Å². The lowest BCUT2D eigenvalue weighted by Gasteiger charge is -2.29. The number of nitro benzene ring substituents is 1. The molecule has 1 aromatic carbocycles. The van der Waals surface area contributed by atoms with Crippen LogP contribution in [0, 0.1) is 27.9 Å². The number of nitro groups is 1. The standard InChI is InChI=1S/C18H24N2O4/c1-11(17-10-13-3-4-14(17)9-13)19-18(21)12(2)24-16-7-5-15(6-8-16)20(22)23/h5-8,11-14,17H,3-4,9-10H2,1-2H3,(H,19,21). The topological polar surface area (TPSA) is 81.5 Å². The van der Waals surface area contributed by atoms with Crippen molar-refractivity contribution in [2.75, 3.05) is 0 Å². The van der Waals surface area contributed by atoms with Gasteiger partial charge in [0, 0.05) is 18.2 Å². The van der Waals surface area contributed by atoms with Crippen molar-refractivity contribution in [2.45, 2.75) is 51.7 Å². The molecular formula is C18H24N2O4. The smallest absolute Gasteiger partial charge is 0.269 e. The second-order valence-electron chi connectivity index (χ2n) is 7.15. The lowest BCUT2D eigenvalue weighted by molar-refractivity contribution is -0.384. The molecule has 0 aliphatic heterocycles. The summed E-state index contributed by atoms with van der Waals surface area (Å²) in [5.74, 6) is 2.52. The molecule has 24 heavy (non-hydrogen) atoms. The third-order valence-corrected chi connectivity index (χ3v) is 5.53. The molecule has 5 unspecified atom stereocenters. The van der Waals surface area contributed by atoms with E-state index in [2.05, 4.69) is 12.2 Å². The molecule has 2 bridgehead atoms. The van der Waals surface area contributed by atoms with E-state index >= 15 is 0 Å². The number of amides is 1. The average molecular weight is 332 g/mol. The van der Waals surface area contributed by atoms with Gasteiger partial charge in [0.2, 0.25) is 0 Å². The average Bonchev–Trinajstić information content (AvgIpc) is 3.18. The van der Waals surface area contributed by atoms with Crippen LogP contribution in [0.25, 0.3) is 0 Å². The van der Waals surface area contributed by atoms with Gasteiger partial charge in [-0.1, -0.05) is 6.42 Å². The highest BCUT2D eigenvalue weighted by molar-refractivity contribution is 5.81. The van der Waals surface area contributed by atoms with Crippen LogP contribution >= 0.6 is 0 Å². The highest BCUT2D eigenvalue weighted by atomic mass is 16.6. The normalized spacial score (nSPS) is 27.5. The Morgan fingerprint density at radius 3 is 2.50 bits per heavy atom. The first-order valence-corrected chi connectivity index (χ1v) is 8.65. The van der Waals surface area contributed by atoms with Gasteiger partial charge in [0.25, 0.3) is 11.6 Å². The number of fused-ring (bicyclic) bond motifs is 2. The van der Waals surface area contributed by atoms with E-state index in [-0.39, 0.29) is 17.6 Å². The molecule has 3 rings (SSSR count). The van der Waals surface area contributed by atoms with Gasteiger partial charge >= 0.3 is 0 Å². The first-order chi connectivity index (χ1) is 11.4. The van der Waals surface area contributed by atoms with Gasteiger partial charge in [-0.15, -0.1) is 0 Å². The molecule has 5 atom stereocenters. The van der Waals surface area contributed by atoms with Crippen LogP contribution in [0.2, 0.25) is 0 Å². The molecule has 2 fully saturated rings. The number of benzene rings is 1. The number of non-ortho nitro benzene ring substituents is 1. The third kappa shape index (κ3) is 3.52. The molecule has 0 aromatic heterocycles. The first kappa shape index (κ1) is 16.7. The van der Waals surface area contributed by atoms with Crippen molar-refractivity contribution in [2.24, 2.45) is 17.8 Å². The Morgan fingerprint density at radius 2 is 1.96 bits per heavy atom. The molecule has 1 aromatic rings.